The van der Waals surface area contributed by atoms with Gasteiger partial charge in [0.25, 0.3) is 0 Å². The molecule has 0 spiro atoms. The highest BCUT2D eigenvalue weighted by Gasteiger charge is 2.14. The third-order valence-corrected chi connectivity index (χ3v) is 3.58. The van der Waals surface area contributed by atoms with E-state index in [0.29, 0.717) is 23.0 Å². The molecule has 5 nitrogen and oxygen atoms in total. The van der Waals surface area contributed by atoms with Crippen LogP contribution in [0.25, 0.3) is 16.6 Å². The highest BCUT2D eigenvalue weighted by atomic mass is 35.5. The Hall–Kier alpha value is -1.85. The van der Waals surface area contributed by atoms with E-state index in [-0.39, 0.29) is 0 Å². The molecule has 1 aromatic carbocycles. The van der Waals surface area contributed by atoms with Gasteiger partial charge in [0.05, 0.1) is 17.3 Å². The van der Waals surface area contributed by atoms with Crippen LogP contribution in [0.1, 0.15) is 12.6 Å². The van der Waals surface area contributed by atoms with Gasteiger partial charge in [0.1, 0.15) is 10.8 Å². The standard InChI is InChI=1S/C14H15ClN4O/c1-8(20)7-16-13-10-5-3-4-6-11(10)19-14(17-13)12(15)9(2)18-19/h3-6,8,20H,7H2,1-2H3,(H,16,17). The molecule has 104 valence electrons. The third-order valence-electron chi connectivity index (χ3n) is 3.13. The van der Waals surface area contributed by atoms with Crippen molar-refractivity contribution in [1.29, 1.82) is 0 Å². The molecule has 0 aliphatic carbocycles. The summed E-state index contributed by atoms with van der Waals surface area (Å²) in [5, 5.41) is 18.5. The number of nitrogens with one attached hydrogen (secondary N) is 1. The maximum absolute atomic E-state index is 9.42. The number of nitrogens with zero attached hydrogens (tertiary/aromatic N) is 3. The number of benzene rings is 1. The Balaban J connectivity index is 2.28. The molecular formula is C14H15ClN4O. The maximum atomic E-state index is 9.42. The summed E-state index contributed by atoms with van der Waals surface area (Å²) >= 11 is 6.25. The fourth-order valence-corrected chi connectivity index (χ4v) is 2.32. The number of anilines is 1. The van der Waals surface area contributed by atoms with Crippen molar-refractivity contribution in [3.8, 4) is 0 Å². The van der Waals surface area contributed by atoms with Gasteiger partial charge in [0.15, 0.2) is 5.65 Å². The summed E-state index contributed by atoms with van der Waals surface area (Å²) in [6.07, 6.45) is -0.450. The first kappa shape index (κ1) is 13.1. The monoisotopic (exact) mass is 290 g/mol. The maximum Gasteiger partial charge on any atom is 0.176 e. The van der Waals surface area contributed by atoms with E-state index in [1.807, 2.05) is 31.2 Å². The molecule has 0 radical (unpaired) electrons. The molecule has 0 saturated carbocycles. The van der Waals surface area contributed by atoms with Crippen LogP contribution in [-0.2, 0) is 0 Å². The fraction of sp³-hybridized carbons (Fsp3) is 0.286. The molecule has 1 unspecified atom stereocenters. The number of aliphatic hydroxyl groups is 1. The van der Waals surface area contributed by atoms with Gasteiger partial charge in [-0.25, -0.2) is 9.50 Å². The van der Waals surface area contributed by atoms with E-state index in [1.54, 1.807) is 11.4 Å². The molecule has 0 bridgehead atoms. The molecule has 1 atom stereocenters. The normalized spacial score (nSPS) is 13.0. The number of hydrogen-bond acceptors (Lipinski definition) is 4. The van der Waals surface area contributed by atoms with Gasteiger partial charge in [-0.3, -0.25) is 0 Å². The zero-order chi connectivity index (χ0) is 14.3. The molecular weight excluding hydrogens is 276 g/mol. The van der Waals surface area contributed by atoms with Crippen LogP contribution in [0.5, 0.6) is 0 Å². The minimum absolute atomic E-state index is 0.428. The number of hydrogen-bond donors (Lipinski definition) is 2. The van der Waals surface area contributed by atoms with Crippen LogP contribution in [0.4, 0.5) is 5.82 Å². The Labute approximate surface area is 121 Å². The fourth-order valence-electron chi connectivity index (χ4n) is 2.16. The van der Waals surface area contributed by atoms with Crippen LogP contribution in [-0.4, -0.2) is 32.4 Å². The van der Waals surface area contributed by atoms with Gasteiger partial charge in [0.2, 0.25) is 0 Å². The first-order valence-corrected chi connectivity index (χ1v) is 6.81. The van der Waals surface area contributed by atoms with E-state index in [2.05, 4.69) is 15.4 Å². The van der Waals surface area contributed by atoms with Gasteiger partial charge in [-0.2, -0.15) is 5.10 Å². The number of rotatable bonds is 3. The van der Waals surface area contributed by atoms with Crippen LogP contribution in [0.15, 0.2) is 24.3 Å². The Morgan fingerprint density at radius 3 is 2.90 bits per heavy atom. The number of aromatic nitrogens is 3. The van der Waals surface area contributed by atoms with Gasteiger partial charge >= 0.3 is 0 Å². The molecule has 0 fully saturated rings. The summed E-state index contributed by atoms with van der Waals surface area (Å²) in [4.78, 5) is 4.54. The van der Waals surface area contributed by atoms with E-state index in [9.17, 15) is 5.11 Å². The topological polar surface area (TPSA) is 62.5 Å². The van der Waals surface area contributed by atoms with Crippen LogP contribution < -0.4 is 5.32 Å². The van der Waals surface area contributed by atoms with E-state index in [1.165, 1.54) is 0 Å². The first-order chi connectivity index (χ1) is 9.58. The Morgan fingerprint density at radius 2 is 2.15 bits per heavy atom. The number of aliphatic hydroxyl groups excluding tert-OH is 1. The smallest absolute Gasteiger partial charge is 0.176 e. The largest absolute Gasteiger partial charge is 0.392 e. The van der Waals surface area contributed by atoms with Crippen LogP contribution >= 0.6 is 11.6 Å². The first-order valence-electron chi connectivity index (χ1n) is 6.43. The highest BCUT2D eigenvalue weighted by molar-refractivity contribution is 6.34. The molecule has 0 amide bonds. The Bertz CT molecular complexity index is 782. The average Bonchev–Trinajstić information content (AvgIpc) is 2.72. The predicted molar refractivity (Wildman–Crippen MR) is 80.4 cm³/mol. The predicted octanol–water partition coefficient (Wildman–Crippen LogP) is 2.64. The van der Waals surface area contributed by atoms with Gasteiger partial charge < -0.3 is 10.4 Å². The molecule has 3 rings (SSSR count). The second-order valence-corrected chi connectivity index (χ2v) is 5.22. The number of aryl methyl sites for hydroxylation is 1. The van der Waals surface area contributed by atoms with E-state index in [0.717, 1.165) is 16.6 Å². The van der Waals surface area contributed by atoms with Gasteiger partial charge in [-0.1, -0.05) is 23.7 Å². The van der Waals surface area contributed by atoms with Crippen molar-refractivity contribution in [2.45, 2.75) is 20.0 Å². The van der Waals surface area contributed by atoms with Crippen molar-refractivity contribution in [1.82, 2.24) is 14.6 Å². The van der Waals surface area contributed by atoms with Crippen molar-refractivity contribution in [3.05, 3.63) is 35.0 Å². The summed E-state index contributed by atoms with van der Waals surface area (Å²) in [6, 6.07) is 7.84. The van der Waals surface area contributed by atoms with Crippen LogP contribution in [0.3, 0.4) is 0 Å². The van der Waals surface area contributed by atoms with Gasteiger partial charge in [-0.05, 0) is 26.0 Å². The lowest BCUT2D eigenvalue weighted by molar-refractivity contribution is 0.208. The minimum atomic E-state index is -0.450. The molecule has 2 heterocycles. The average molecular weight is 291 g/mol. The van der Waals surface area contributed by atoms with E-state index < -0.39 is 6.10 Å². The van der Waals surface area contributed by atoms with Gasteiger partial charge in [0, 0.05) is 11.9 Å². The number of fused-ring (bicyclic) bond motifs is 3. The highest BCUT2D eigenvalue weighted by Crippen LogP contribution is 2.28. The lowest BCUT2D eigenvalue weighted by atomic mass is 10.2. The molecule has 0 saturated heterocycles. The van der Waals surface area contributed by atoms with E-state index >= 15 is 0 Å². The van der Waals surface area contributed by atoms with Crippen LogP contribution in [0.2, 0.25) is 5.02 Å². The molecule has 0 aliphatic heterocycles. The van der Waals surface area contributed by atoms with E-state index in [4.69, 9.17) is 11.6 Å². The molecule has 2 aromatic heterocycles. The lowest BCUT2D eigenvalue weighted by Gasteiger charge is -2.11. The SMILES string of the molecule is Cc1nn2c(nc(NCC(C)O)c3ccccc32)c1Cl. The summed E-state index contributed by atoms with van der Waals surface area (Å²) < 4.78 is 1.75. The summed E-state index contributed by atoms with van der Waals surface area (Å²) in [6.45, 7) is 4.01. The van der Waals surface area contributed by atoms with Crippen molar-refractivity contribution in [2.24, 2.45) is 0 Å². The van der Waals surface area contributed by atoms with Crippen molar-refractivity contribution >= 4 is 34.0 Å². The minimum Gasteiger partial charge on any atom is -0.392 e. The molecule has 2 N–H and O–H groups in total. The molecule has 0 aliphatic rings. The summed E-state index contributed by atoms with van der Waals surface area (Å²) in [5.74, 6) is 0.704. The van der Waals surface area contributed by atoms with Crippen LogP contribution in [0, 0.1) is 6.92 Å². The quantitative estimate of drug-likeness (QED) is 0.778. The van der Waals surface area contributed by atoms with Crippen molar-refractivity contribution in [2.75, 3.05) is 11.9 Å². The summed E-state index contributed by atoms with van der Waals surface area (Å²) in [7, 11) is 0. The lowest BCUT2D eigenvalue weighted by Crippen LogP contribution is -2.16. The number of halogens is 1. The second kappa shape index (κ2) is 4.92. The summed E-state index contributed by atoms with van der Waals surface area (Å²) in [5.41, 5.74) is 2.30. The molecule has 3 aromatic rings. The van der Waals surface area contributed by atoms with Crippen molar-refractivity contribution in [3.63, 3.8) is 0 Å². The van der Waals surface area contributed by atoms with Crippen molar-refractivity contribution < 1.29 is 5.11 Å². The Kier molecular flexibility index (Phi) is 3.23. The zero-order valence-corrected chi connectivity index (χ0v) is 12.0. The molecule has 6 heteroatoms. The van der Waals surface area contributed by atoms with Gasteiger partial charge in [-0.15, -0.1) is 0 Å². The second-order valence-electron chi connectivity index (χ2n) is 4.84. The Morgan fingerprint density at radius 1 is 1.40 bits per heavy atom. The number of para-hydroxylation sites is 1. The zero-order valence-electron chi connectivity index (χ0n) is 11.3. The molecule has 20 heavy (non-hydrogen) atoms. The third kappa shape index (κ3) is 2.09.